The summed E-state index contributed by atoms with van der Waals surface area (Å²) in [6.07, 6.45) is 4.78. The summed E-state index contributed by atoms with van der Waals surface area (Å²) >= 11 is 2.00. The van der Waals surface area contributed by atoms with E-state index < -0.39 is 0 Å². The smallest absolute Gasteiger partial charge is 0.0545 e. The molecule has 3 heteroatoms. The van der Waals surface area contributed by atoms with Crippen LogP contribution in [0.1, 0.15) is 12.0 Å². The van der Waals surface area contributed by atoms with Crippen LogP contribution in [0.15, 0.2) is 24.3 Å². The highest BCUT2D eigenvalue weighted by molar-refractivity contribution is 7.99. The Morgan fingerprint density at radius 3 is 3.06 bits per heavy atom. The minimum absolute atomic E-state index is 0.673. The summed E-state index contributed by atoms with van der Waals surface area (Å²) in [5.41, 5.74) is 3.01. The first-order chi connectivity index (χ1) is 8.40. The molecular formula is C14H20N2S. The number of benzene rings is 1. The van der Waals surface area contributed by atoms with Gasteiger partial charge in [0, 0.05) is 30.6 Å². The van der Waals surface area contributed by atoms with Crippen LogP contribution in [-0.4, -0.2) is 37.2 Å². The van der Waals surface area contributed by atoms with E-state index in [0.717, 1.165) is 18.3 Å². The molecule has 17 heavy (non-hydrogen) atoms. The van der Waals surface area contributed by atoms with Gasteiger partial charge < -0.3 is 10.2 Å². The molecule has 92 valence electrons. The molecule has 2 aliphatic rings. The molecule has 2 unspecified atom stereocenters. The van der Waals surface area contributed by atoms with Gasteiger partial charge in [-0.3, -0.25) is 0 Å². The molecule has 0 aliphatic carbocycles. The third kappa shape index (κ3) is 2.06. The zero-order chi connectivity index (χ0) is 11.7. The van der Waals surface area contributed by atoms with Crippen LogP contribution in [0.25, 0.3) is 0 Å². The van der Waals surface area contributed by atoms with E-state index in [2.05, 4.69) is 40.7 Å². The van der Waals surface area contributed by atoms with E-state index in [4.69, 9.17) is 0 Å². The van der Waals surface area contributed by atoms with Crippen LogP contribution in [0, 0.1) is 0 Å². The molecule has 3 rings (SSSR count). The second-order valence-electron chi connectivity index (χ2n) is 4.93. The van der Waals surface area contributed by atoms with Gasteiger partial charge in [-0.15, -0.1) is 0 Å². The zero-order valence-corrected chi connectivity index (χ0v) is 11.2. The molecule has 1 aromatic carbocycles. The Bertz CT molecular complexity index is 394. The van der Waals surface area contributed by atoms with Crippen molar-refractivity contribution in [3.63, 3.8) is 0 Å². The summed E-state index contributed by atoms with van der Waals surface area (Å²) < 4.78 is 0. The van der Waals surface area contributed by atoms with Gasteiger partial charge in [0.05, 0.1) is 6.04 Å². The van der Waals surface area contributed by atoms with Crippen LogP contribution in [0.4, 0.5) is 5.69 Å². The van der Waals surface area contributed by atoms with Crippen molar-refractivity contribution in [2.45, 2.75) is 24.1 Å². The van der Waals surface area contributed by atoms with Crippen LogP contribution >= 0.6 is 11.8 Å². The van der Waals surface area contributed by atoms with Crippen LogP contribution in [0.2, 0.25) is 0 Å². The second-order valence-corrected chi connectivity index (χ2v) is 6.00. The maximum atomic E-state index is 3.54. The number of hydrogen-bond acceptors (Lipinski definition) is 3. The van der Waals surface area contributed by atoms with E-state index in [-0.39, 0.29) is 0 Å². The third-order valence-electron chi connectivity index (χ3n) is 3.98. The van der Waals surface area contributed by atoms with Crippen molar-refractivity contribution in [2.24, 2.45) is 0 Å². The van der Waals surface area contributed by atoms with Crippen molar-refractivity contribution < 1.29 is 0 Å². The van der Waals surface area contributed by atoms with Crippen molar-refractivity contribution in [2.75, 3.05) is 30.8 Å². The molecule has 0 bridgehead atoms. The number of thioether (sulfide) groups is 1. The Labute approximate surface area is 108 Å². The molecule has 2 aliphatic heterocycles. The number of hydrogen-bond donors (Lipinski definition) is 1. The molecule has 2 nitrogen and oxygen atoms in total. The maximum Gasteiger partial charge on any atom is 0.0545 e. The Morgan fingerprint density at radius 2 is 2.18 bits per heavy atom. The van der Waals surface area contributed by atoms with E-state index in [0.29, 0.717) is 6.04 Å². The summed E-state index contributed by atoms with van der Waals surface area (Å²) in [7, 11) is 0. The number of aryl methyl sites for hydroxylation is 1. The maximum absolute atomic E-state index is 3.54. The molecule has 0 spiro atoms. The summed E-state index contributed by atoms with van der Waals surface area (Å²) in [5.74, 6) is 0. The molecule has 1 fully saturated rings. The molecule has 0 saturated carbocycles. The van der Waals surface area contributed by atoms with Gasteiger partial charge >= 0.3 is 0 Å². The predicted molar refractivity (Wildman–Crippen MR) is 76.1 cm³/mol. The van der Waals surface area contributed by atoms with E-state index in [9.17, 15) is 0 Å². The van der Waals surface area contributed by atoms with E-state index in [1.165, 1.54) is 30.6 Å². The number of rotatable bonds is 2. The number of anilines is 1. The van der Waals surface area contributed by atoms with Crippen molar-refractivity contribution in [1.29, 1.82) is 0 Å². The molecule has 0 aromatic heterocycles. The van der Waals surface area contributed by atoms with E-state index >= 15 is 0 Å². The SMILES string of the molecule is CSC1CNCC1N1CCCc2ccccc21. The van der Waals surface area contributed by atoms with Gasteiger partial charge in [-0.05, 0) is 30.7 Å². The lowest BCUT2D eigenvalue weighted by Gasteiger charge is -2.38. The normalized spacial score (nSPS) is 28.2. The highest BCUT2D eigenvalue weighted by Gasteiger charge is 2.33. The number of nitrogens with zero attached hydrogens (tertiary/aromatic N) is 1. The molecule has 2 atom stereocenters. The first kappa shape index (κ1) is 11.4. The van der Waals surface area contributed by atoms with E-state index in [1.54, 1.807) is 0 Å². The largest absolute Gasteiger partial charge is 0.366 e. The molecular weight excluding hydrogens is 228 g/mol. The fourth-order valence-electron chi connectivity index (χ4n) is 3.10. The lowest BCUT2D eigenvalue weighted by molar-refractivity contribution is 0.598. The van der Waals surface area contributed by atoms with Gasteiger partial charge in [0.25, 0.3) is 0 Å². The molecule has 0 radical (unpaired) electrons. The lowest BCUT2D eigenvalue weighted by atomic mass is 9.99. The molecule has 0 amide bonds. The summed E-state index contributed by atoms with van der Waals surface area (Å²) in [5, 5.41) is 4.28. The molecule has 2 heterocycles. The first-order valence-corrected chi connectivity index (χ1v) is 7.77. The van der Waals surface area contributed by atoms with Crippen molar-refractivity contribution >= 4 is 17.4 Å². The van der Waals surface area contributed by atoms with Crippen LogP contribution in [0.5, 0.6) is 0 Å². The highest BCUT2D eigenvalue weighted by Crippen LogP contribution is 2.32. The molecule has 1 saturated heterocycles. The Balaban J connectivity index is 1.89. The van der Waals surface area contributed by atoms with Crippen LogP contribution in [-0.2, 0) is 6.42 Å². The van der Waals surface area contributed by atoms with Gasteiger partial charge in [0.1, 0.15) is 0 Å². The van der Waals surface area contributed by atoms with Crippen molar-refractivity contribution in [1.82, 2.24) is 5.32 Å². The average Bonchev–Trinajstić information content (AvgIpc) is 2.86. The third-order valence-corrected chi connectivity index (χ3v) is 5.06. The standard InChI is InChI=1S/C14H20N2S/c1-17-14-10-15-9-13(14)16-8-4-6-11-5-2-3-7-12(11)16/h2-3,5,7,13-15H,4,6,8-10H2,1H3. The Hall–Kier alpha value is -0.670. The second kappa shape index (κ2) is 4.91. The summed E-state index contributed by atoms with van der Waals surface area (Å²) in [6.45, 7) is 3.52. The van der Waals surface area contributed by atoms with Gasteiger partial charge in [-0.2, -0.15) is 11.8 Å². The monoisotopic (exact) mass is 248 g/mol. The minimum atomic E-state index is 0.673. The van der Waals surface area contributed by atoms with Crippen molar-refractivity contribution in [3.8, 4) is 0 Å². The van der Waals surface area contributed by atoms with Gasteiger partial charge in [0.2, 0.25) is 0 Å². The van der Waals surface area contributed by atoms with E-state index in [1.807, 2.05) is 11.8 Å². The van der Waals surface area contributed by atoms with Crippen LogP contribution < -0.4 is 10.2 Å². The highest BCUT2D eigenvalue weighted by atomic mass is 32.2. The van der Waals surface area contributed by atoms with Crippen LogP contribution in [0.3, 0.4) is 0 Å². The number of fused-ring (bicyclic) bond motifs is 1. The fourth-order valence-corrected chi connectivity index (χ4v) is 3.94. The first-order valence-electron chi connectivity index (χ1n) is 6.48. The number of para-hydroxylation sites is 1. The topological polar surface area (TPSA) is 15.3 Å². The zero-order valence-electron chi connectivity index (χ0n) is 10.4. The average molecular weight is 248 g/mol. The molecule has 1 aromatic rings. The van der Waals surface area contributed by atoms with Gasteiger partial charge in [-0.1, -0.05) is 18.2 Å². The number of nitrogens with one attached hydrogen (secondary N) is 1. The lowest BCUT2D eigenvalue weighted by Crippen LogP contribution is -2.44. The fraction of sp³-hybridized carbons (Fsp3) is 0.571. The minimum Gasteiger partial charge on any atom is -0.366 e. The summed E-state index contributed by atoms with van der Waals surface area (Å²) in [4.78, 5) is 2.64. The predicted octanol–water partition coefficient (Wildman–Crippen LogP) is 2.14. The summed E-state index contributed by atoms with van der Waals surface area (Å²) in [6, 6.07) is 9.60. The quantitative estimate of drug-likeness (QED) is 0.863. The van der Waals surface area contributed by atoms with Gasteiger partial charge in [0.15, 0.2) is 0 Å². The van der Waals surface area contributed by atoms with Crippen molar-refractivity contribution in [3.05, 3.63) is 29.8 Å². The Morgan fingerprint density at radius 1 is 1.29 bits per heavy atom. The Kier molecular flexibility index (Phi) is 3.30. The van der Waals surface area contributed by atoms with Gasteiger partial charge in [-0.25, -0.2) is 0 Å². The molecule has 1 N–H and O–H groups in total.